The maximum absolute atomic E-state index is 11.6. The van der Waals surface area contributed by atoms with Crippen molar-refractivity contribution in [2.24, 2.45) is 0 Å². The molecule has 6 nitrogen and oxygen atoms in total. The predicted molar refractivity (Wildman–Crippen MR) is 87.5 cm³/mol. The molecule has 0 spiro atoms. The van der Waals surface area contributed by atoms with Gasteiger partial charge in [0.1, 0.15) is 6.42 Å². The summed E-state index contributed by atoms with van der Waals surface area (Å²) in [5.41, 5.74) is 12.6. The topological polar surface area (TPSA) is 82.3 Å². The Hall–Kier alpha value is -2.70. The van der Waals surface area contributed by atoms with Crippen molar-refractivity contribution in [3.05, 3.63) is 71.8 Å². The number of hydrazine groups is 2. The highest BCUT2D eigenvalue weighted by Gasteiger charge is 2.08. The molecule has 0 atom stereocenters. The van der Waals surface area contributed by atoms with E-state index in [1.165, 1.54) is 0 Å². The molecule has 6 heteroatoms. The van der Waals surface area contributed by atoms with Crippen LogP contribution in [0.5, 0.6) is 0 Å². The summed E-state index contributed by atoms with van der Waals surface area (Å²) >= 11 is 0. The van der Waals surface area contributed by atoms with Gasteiger partial charge in [-0.05, 0) is 11.1 Å². The minimum Gasteiger partial charge on any atom is -0.291 e. The summed E-state index contributed by atoms with van der Waals surface area (Å²) < 4.78 is 0. The third-order valence-corrected chi connectivity index (χ3v) is 3.05. The van der Waals surface area contributed by atoms with E-state index in [-0.39, 0.29) is 18.2 Å². The summed E-state index contributed by atoms with van der Waals surface area (Å²) in [6.07, 6.45) is -0.246. The van der Waals surface area contributed by atoms with Gasteiger partial charge in [0.25, 0.3) is 0 Å². The average molecular weight is 312 g/mol. The Morgan fingerprint density at radius 2 is 1.04 bits per heavy atom. The van der Waals surface area contributed by atoms with Gasteiger partial charge in [0, 0.05) is 13.1 Å². The normalized spacial score (nSPS) is 10.1. The second-order valence-electron chi connectivity index (χ2n) is 4.95. The zero-order chi connectivity index (χ0) is 16.3. The van der Waals surface area contributed by atoms with Crippen LogP contribution in [-0.4, -0.2) is 11.8 Å². The molecule has 0 aliphatic heterocycles. The smallest absolute Gasteiger partial charge is 0.243 e. The third-order valence-electron chi connectivity index (χ3n) is 3.05. The summed E-state index contributed by atoms with van der Waals surface area (Å²) in [6, 6.07) is 19.3. The number of rotatable bonds is 8. The molecular weight excluding hydrogens is 292 g/mol. The molecule has 0 unspecified atom stereocenters. The maximum Gasteiger partial charge on any atom is 0.243 e. The molecule has 0 fully saturated rings. The van der Waals surface area contributed by atoms with E-state index in [1.54, 1.807) is 0 Å². The van der Waals surface area contributed by atoms with Crippen LogP contribution in [0.3, 0.4) is 0 Å². The summed E-state index contributed by atoms with van der Waals surface area (Å²) in [5.74, 6) is -0.778. The molecule has 0 aliphatic rings. The van der Waals surface area contributed by atoms with Crippen LogP contribution in [0.2, 0.25) is 0 Å². The van der Waals surface area contributed by atoms with Crippen molar-refractivity contribution < 1.29 is 9.59 Å². The predicted octanol–water partition coefficient (Wildman–Crippen LogP) is 1.02. The lowest BCUT2D eigenvalue weighted by atomic mass is 10.2. The Balaban J connectivity index is 1.58. The van der Waals surface area contributed by atoms with E-state index in [1.807, 2.05) is 60.7 Å². The van der Waals surface area contributed by atoms with Crippen LogP contribution in [0.15, 0.2) is 60.7 Å². The fourth-order valence-corrected chi connectivity index (χ4v) is 1.92. The number of nitrogens with one attached hydrogen (secondary N) is 4. The van der Waals surface area contributed by atoms with Crippen LogP contribution in [0.25, 0.3) is 0 Å². The second-order valence-corrected chi connectivity index (χ2v) is 4.95. The summed E-state index contributed by atoms with van der Waals surface area (Å²) in [7, 11) is 0. The van der Waals surface area contributed by atoms with E-state index in [2.05, 4.69) is 21.7 Å². The molecular formula is C17H20N4O2. The van der Waals surface area contributed by atoms with E-state index < -0.39 is 0 Å². The molecule has 4 N–H and O–H groups in total. The number of amides is 2. The van der Waals surface area contributed by atoms with Crippen LogP contribution in [0.4, 0.5) is 0 Å². The molecule has 0 heterocycles. The molecule has 2 aromatic carbocycles. The van der Waals surface area contributed by atoms with Gasteiger partial charge in [-0.3, -0.25) is 20.4 Å². The lowest BCUT2D eigenvalue weighted by Crippen LogP contribution is -2.43. The SMILES string of the molecule is O=C(CC(=O)NNCc1ccccc1)NNCc1ccccc1. The number of hydrogen-bond donors (Lipinski definition) is 4. The highest BCUT2D eigenvalue weighted by molar-refractivity contribution is 5.96. The highest BCUT2D eigenvalue weighted by atomic mass is 16.2. The van der Waals surface area contributed by atoms with Gasteiger partial charge in [0.2, 0.25) is 11.8 Å². The number of hydrogen-bond acceptors (Lipinski definition) is 4. The summed E-state index contributed by atoms with van der Waals surface area (Å²) in [4.78, 5) is 23.2. The van der Waals surface area contributed by atoms with E-state index in [9.17, 15) is 9.59 Å². The van der Waals surface area contributed by atoms with Crippen LogP contribution in [-0.2, 0) is 22.7 Å². The number of benzene rings is 2. The molecule has 2 aromatic rings. The quantitative estimate of drug-likeness (QED) is 0.433. The zero-order valence-electron chi connectivity index (χ0n) is 12.7. The minimum atomic E-state index is -0.389. The molecule has 120 valence electrons. The Morgan fingerprint density at radius 1 is 0.652 bits per heavy atom. The maximum atomic E-state index is 11.6. The average Bonchev–Trinajstić information content (AvgIpc) is 2.57. The fraction of sp³-hybridized carbons (Fsp3) is 0.176. The van der Waals surface area contributed by atoms with Crippen LogP contribution in [0, 0.1) is 0 Å². The van der Waals surface area contributed by atoms with Crippen LogP contribution >= 0.6 is 0 Å². The minimum absolute atomic E-state index is 0.246. The van der Waals surface area contributed by atoms with Crippen LogP contribution in [0.1, 0.15) is 17.5 Å². The first-order chi connectivity index (χ1) is 11.2. The van der Waals surface area contributed by atoms with Gasteiger partial charge in [-0.15, -0.1) is 0 Å². The molecule has 0 aromatic heterocycles. The standard InChI is InChI=1S/C17H20N4O2/c22-16(20-18-12-14-7-3-1-4-8-14)11-17(23)21-19-13-15-9-5-2-6-10-15/h1-10,18-19H,11-13H2,(H,20,22)(H,21,23). The van der Waals surface area contributed by atoms with E-state index in [0.29, 0.717) is 13.1 Å². The molecule has 23 heavy (non-hydrogen) atoms. The zero-order valence-corrected chi connectivity index (χ0v) is 12.7. The molecule has 2 rings (SSSR count). The number of carbonyl (C=O) groups is 2. The molecule has 0 saturated carbocycles. The second kappa shape index (κ2) is 9.34. The summed E-state index contributed by atoms with van der Waals surface area (Å²) in [6.45, 7) is 1.00. The van der Waals surface area contributed by atoms with Gasteiger partial charge in [0.15, 0.2) is 0 Å². The Labute approximate surface area is 135 Å². The van der Waals surface area contributed by atoms with Gasteiger partial charge in [0.05, 0.1) is 0 Å². The highest BCUT2D eigenvalue weighted by Crippen LogP contribution is 1.97. The molecule has 0 aliphatic carbocycles. The van der Waals surface area contributed by atoms with E-state index >= 15 is 0 Å². The first-order valence-corrected chi connectivity index (χ1v) is 7.35. The van der Waals surface area contributed by atoms with Crippen molar-refractivity contribution in [1.82, 2.24) is 21.7 Å². The van der Waals surface area contributed by atoms with Gasteiger partial charge in [-0.1, -0.05) is 60.7 Å². The first kappa shape index (κ1) is 16.7. The van der Waals surface area contributed by atoms with Crippen molar-refractivity contribution in [2.75, 3.05) is 0 Å². The Bertz CT molecular complexity index is 562. The van der Waals surface area contributed by atoms with Crippen molar-refractivity contribution >= 4 is 11.8 Å². The van der Waals surface area contributed by atoms with Crippen molar-refractivity contribution in [2.45, 2.75) is 19.5 Å². The fourth-order valence-electron chi connectivity index (χ4n) is 1.92. The lowest BCUT2D eigenvalue weighted by Gasteiger charge is -2.09. The van der Waals surface area contributed by atoms with Gasteiger partial charge >= 0.3 is 0 Å². The summed E-state index contributed by atoms with van der Waals surface area (Å²) in [5, 5.41) is 0. The lowest BCUT2D eigenvalue weighted by molar-refractivity contribution is -0.130. The van der Waals surface area contributed by atoms with Crippen molar-refractivity contribution in [3.8, 4) is 0 Å². The van der Waals surface area contributed by atoms with E-state index in [0.717, 1.165) is 11.1 Å². The van der Waals surface area contributed by atoms with Crippen molar-refractivity contribution in [1.29, 1.82) is 0 Å². The largest absolute Gasteiger partial charge is 0.291 e. The Morgan fingerprint density at radius 3 is 1.43 bits per heavy atom. The molecule has 0 saturated heterocycles. The van der Waals surface area contributed by atoms with Crippen molar-refractivity contribution in [3.63, 3.8) is 0 Å². The molecule has 0 bridgehead atoms. The Kier molecular flexibility index (Phi) is 6.77. The van der Waals surface area contributed by atoms with Crippen LogP contribution < -0.4 is 21.7 Å². The van der Waals surface area contributed by atoms with E-state index in [4.69, 9.17) is 0 Å². The molecule has 0 radical (unpaired) electrons. The number of carbonyl (C=O) groups excluding carboxylic acids is 2. The monoisotopic (exact) mass is 312 g/mol. The van der Waals surface area contributed by atoms with Gasteiger partial charge in [-0.25, -0.2) is 10.9 Å². The molecule has 2 amide bonds. The first-order valence-electron chi connectivity index (χ1n) is 7.35. The van der Waals surface area contributed by atoms with Gasteiger partial charge < -0.3 is 0 Å². The van der Waals surface area contributed by atoms with Gasteiger partial charge in [-0.2, -0.15) is 0 Å². The third kappa shape index (κ3) is 6.73.